The molecule has 0 saturated carbocycles. The Labute approximate surface area is 194 Å². The van der Waals surface area contributed by atoms with Crippen LogP contribution in [0.15, 0.2) is 42.5 Å². The topological polar surface area (TPSA) is 97.4 Å². The fourth-order valence-electron chi connectivity index (χ4n) is 3.51. The molecular weight excluding hydrogens is 454 g/mol. The van der Waals surface area contributed by atoms with Gasteiger partial charge in [0.2, 0.25) is 0 Å². The first kappa shape index (κ1) is 23.0. The third kappa shape index (κ3) is 5.41. The number of carbonyl (C=O) groups is 1. The summed E-state index contributed by atoms with van der Waals surface area (Å²) in [6, 6.07) is 9.16. The fraction of sp³-hybridized carbons (Fsp3) is 0.273. The molecule has 4 N–H and O–H groups in total. The maximum absolute atomic E-state index is 14.4. The number of amides is 2. The van der Waals surface area contributed by atoms with Crippen molar-refractivity contribution in [1.82, 2.24) is 20.0 Å². The number of urea groups is 1. The van der Waals surface area contributed by atoms with E-state index in [0.717, 1.165) is 36.0 Å². The smallest absolute Gasteiger partial charge is 0.319 e. The summed E-state index contributed by atoms with van der Waals surface area (Å²) >= 11 is 5.98. The van der Waals surface area contributed by atoms with Crippen LogP contribution in [0.2, 0.25) is 5.02 Å². The third-order valence-electron chi connectivity index (χ3n) is 5.23. The average Bonchev–Trinajstić information content (AvgIpc) is 3.12. The maximum Gasteiger partial charge on any atom is 0.319 e. The number of rotatable bonds is 6. The van der Waals surface area contributed by atoms with Gasteiger partial charge in [-0.05, 0) is 24.3 Å². The summed E-state index contributed by atoms with van der Waals surface area (Å²) in [6.07, 6.45) is 0. The number of hydrogen-bond donors (Lipinski definition) is 3. The van der Waals surface area contributed by atoms with Crippen molar-refractivity contribution in [3.8, 4) is 16.9 Å². The maximum atomic E-state index is 14.4. The summed E-state index contributed by atoms with van der Waals surface area (Å²) in [5.41, 5.74) is 7.11. The lowest BCUT2D eigenvalue weighted by Crippen LogP contribution is -2.42. The largest absolute Gasteiger partial charge is 0.382 e. The molecular formula is C22H23ClF2N6O2. The summed E-state index contributed by atoms with van der Waals surface area (Å²) in [4.78, 5) is 14.8. The first-order valence-electron chi connectivity index (χ1n) is 10.4. The number of nitrogen functional groups attached to an aromatic ring is 1. The summed E-state index contributed by atoms with van der Waals surface area (Å²) < 4.78 is 34.6. The van der Waals surface area contributed by atoms with Crippen LogP contribution < -0.4 is 16.4 Å². The van der Waals surface area contributed by atoms with Gasteiger partial charge in [-0.1, -0.05) is 23.7 Å². The highest BCUT2D eigenvalue weighted by Crippen LogP contribution is 2.35. The number of hydrogen-bond acceptors (Lipinski definition) is 5. The number of nitrogens with one attached hydrogen (secondary N) is 2. The normalized spacial score (nSPS) is 14.3. The Balaban J connectivity index is 1.59. The fourth-order valence-corrected chi connectivity index (χ4v) is 3.63. The molecule has 2 heterocycles. The van der Waals surface area contributed by atoms with Gasteiger partial charge < -0.3 is 21.1 Å². The number of aromatic nitrogens is 2. The van der Waals surface area contributed by atoms with Crippen LogP contribution in [0.5, 0.6) is 0 Å². The van der Waals surface area contributed by atoms with Gasteiger partial charge in [0, 0.05) is 42.8 Å². The van der Waals surface area contributed by atoms with E-state index in [2.05, 4.69) is 20.6 Å². The Kier molecular flexibility index (Phi) is 7.07. The zero-order chi connectivity index (χ0) is 23.4. The number of nitrogens with zero attached hydrogens (tertiary/aromatic N) is 3. The van der Waals surface area contributed by atoms with Crippen molar-refractivity contribution in [2.24, 2.45) is 0 Å². The SMILES string of the molecule is Nc1c(NC(=O)NCCN2CCOCC2)c(-c2ccc(Cl)cc2)nn1-c1cc(F)ccc1F. The highest BCUT2D eigenvalue weighted by molar-refractivity contribution is 6.30. The molecule has 11 heteroatoms. The standard InChI is InChI=1S/C22H23ClF2N6O2/c23-15-3-1-14(2-4-15)19-20(28-22(32)27-7-8-30-9-11-33-12-10-30)21(26)31(29-19)18-13-16(24)5-6-17(18)25/h1-6,13H,7-12,26H2,(H2,27,28,32). The second-order valence-corrected chi connectivity index (χ2v) is 7.89. The minimum Gasteiger partial charge on any atom is -0.382 e. The molecule has 8 nitrogen and oxygen atoms in total. The highest BCUT2D eigenvalue weighted by Gasteiger charge is 2.22. The van der Waals surface area contributed by atoms with E-state index in [9.17, 15) is 13.6 Å². The molecule has 1 aliphatic heterocycles. The van der Waals surface area contributed by atoms with Gasteiger partial charge >= 0.3 is 6.03 Å². The predicted octanol–water partition coefficient (Wildman–Crippen LogP) is 3.51. The second-order valence-electron chi connectivity index (χ2n) is 7.46. The quantitative estimate of drug-likeness (QED) is 0.506. The minimum atomic E-state index is -0.713. The number of ether oxygens (including phenoxy) is 1. The molecule has 1 aliphatic rings. The molecule has 2 aromatic carbocycles. The zero-order valence-electron chi connectivity index (χ0n) is 17.7. The average molecular weight is 477 g/mol. The summed E-state index contributed by atoms with van der Waals surface area (Å²) in [7, 11) is 0. The Bertz CT molecular complexity index is 1130. The van der Waals surface area contributed by atoms with Gasteiger partial charge in [-0.25, -0.2) is 18.3 Å². The third-order valence-corrected chi connectivity index (χ3v) is 5.48. The van der Waals surface area contributed by atoms with E-state index in [0.29, 0.717) is 36.9 Å². The van der Waals surface area contributed by atoms with Gasteiger partial charge in [0.05, 0.1) is 13.2 Å². The first-order valence-corrected chi connectivity index (χ1v) is 10.7. The van der Waals surface area contributed by atoms with Crippen molar-refractivity contribution in [1.29, 1.82) is 0 Å². The van der Waals surface area contributed by atoms with E-state index in [1.54, 1.807) is 24.3 Å². The Morgan fingerprint density at radius 3 is 2.61 bits per heavy atom. The van der Waals surface area contributed by atoms with Crippen LogP contribution in [0.3, 0.4) is 0 Å². The summed E-state index contributed by atoms with van der Waals surface area (Å²) in [6.45, 7) is 4.04. The molecule has 33 heavy (non-hydrogen) atoms. The van der Waals surface area contributed by atoms with Gasteiger partial charge in [0.15, 0.2) is 5.82 Å². The molecule has 0 radical (unpaired) electrons. The minimum absolute atomic E-state index is 0.0484. The molecule has 0 spiro atoms. The number of anilines is 2. The second kappa shape index (κ2) is 10.2. The number of nitrogens with two attached hydrogens (primary N) is 1. The molecule has 3 aromatic rings. The van der Waals surface area contributed by atoms with E-state index < -0.39 is 17.7 Å². The van der Waals surface area contributed by atoms with Crippen molar-refractivity contribution in [3.63, 3.8) is 0 Å². The van der Waals surface area contributed by atoms with Crippen LogP contribution in [0.4, 0.5) is 25.1 Å². The lowest BCUT2D eigenvalue weighted by molar-refractivity contribution is 0.0388. The van der Waals surface area contributed by atoms with Crippen molar-refractivity contribution in [2.75, 3.05) is 50.4 Å². The van der Waals surface area contributed by atoms with Gasteiger partial charge in [-0.3, -0.25) is 4.90 Å². The van der Waals surface area contributed by atoms with Gasteiger partial charge in [0.1, 0.15) is 28.7 Å². The van der Waals surface area contributed by atoms with Crippen LogP contribution in [0.25, 0.3) is 16.9 Å². The van der Waals surface area contributed by atoms with Crippen LogP contribution in [-0.2, 0) is 4.74 Å². The molecule has 4 rings (SSSR count). The van der Waals surface area contributed by atoms with Crippen LogP contribution in [0, 0.1) is 11.6 Å². The van der Waals surface area contributed by atoms with E-state index >= 15 is 0 Å². The Morgan fingerprint density at radius 2 is 1.88 bits per heavy atom. The number of halogens is 3. The number of carbonyl (C=O) groups excluding carboxylic acids is 1. The number of morpholine rings is 1. The van der Waals surface area contributed by atoms with Crippen molar-refractivity contribution < 1.29 is 18.3 Å². The van der Waals surface area contributed by atoms with Crippen LogP contribution in [0.1, 0.15) is 0 Å². The molecule has 1 saturated heterocycles. The lowest BCUT2D eigenvalue weighted by Gasteiger charge is -2.26. The zero-order valence-corrected chi connectivity index (χ0v) is 18.4. The Hall–Kier alpha value is -3.21. The number of benzene rings is 2. The van der Waals surface area contributed by atoms with Gasteiger partial charge in [0.25, 0.3) is 0 Å². The monoisotopic (exact) mass is 476 g/mol. The first-order chi connectivity index (χ1) is 15.9. The summed E-state index contributed by atoms with van der Waals surface area (Å²) in [5, 5.41) is 10.4. The van der Waals surface area contributed by atoms with Crippen molar-refractivity contribution in [2.45, 2.75) is 0 Å². The van der Waals surface area contributed by atoms with Crippen LogP contribution >= 0.6 is 11.6 Å². The van der Waals surface area contributed by atoms with E-state index in [1.807, 2.05) is 0 Å². The highest BCUT2D eigenvalue weighted by atomic mass is 35.5. The van der Waals surface area contributed by atoms with Gasteiger partial charge in [-0.2, -0.15) is 5.10 Å². The van der Waals surface area contributed by atoms with Crippen LogP contribution in [-0.4, -0.2) is 60.1 Å². The predicted molar refractivity (Wildman–Crippen MR) is 123 cm³/mol. The van der Waals surface area contributed by atoms with E-state index in [4.69, 9.17) is 22.1 Å². The lowest BCUT2D eigenvalue weighted by atomic mass is 10.1. The van der Waals surface area contributed by atoms with E-state index in [1.165, 1.54) is 0 Å². The molecule has 174 valence electrons. The summed E-state index contributed by atoms with van der Waals surface area (Å²) in [5.74, 6) is -1.41. The molecule has 1 aromatic heterocycles. The molecule has 0 unspecified atom stereocenters. The molecule has 0 bridgehead atoms. The Morgan fingerprint density at radius 1 is 1.15 bits per heavy atom. The molecule has 0 atom stereocenters. The van der Waals surface area contributed by atoms with Crippen molar-refractivity contribution in [3.05, 3.63) is 59.1 Å². The van der Waals surface area contributed by atoms with E-state index in [-0.39, 0.29) is 22.9 Å². The molecule has 2 amide bonds. The molecule has 1 fully saturated rings. The molecule has 0 aliphatic carbocycles. The van der Waals surface area contributed by atoms with Crippen molar-refractivity contribution >= 4 is 29.1 Å². The van der Waals surface area contributed by atoms with Gasteiger partial charge in [-0.15, -0.1) is 0 Å².